The summed E-state index contributed by atoms with van der Waals surface area (Å²) in [6.45, 7) is 0.631. The molecule has 10 heteroatoms. The molecule has 0 spiro atoms. The van der Waals surface area contributed by atoms with Crippen LogP contribution < -0.4 is 0 Å². The van der Waals surface area contributed by atoms with Crippen LogP contribution in [-0.2, 0) is 14.6 Å². The van der Waals surface area contributed by atoms with Gasteiger partial charge in [0.1, 0.15) is 24.4 Å². The monoisotopic (exact) mass is 422 g/mol. The standard InChI is InChI=1S/C17H18ClF3N2O3S/c1-9-16(27(2,24)25)23-15(22-9)14(10-3-6-13(19)12(18)7-10)26-8-17(20,21)11-4-5-11/h3,6-7,11,14H,4-5,8H2,1-2H3,(H,22,23). The van der Waals surface area contributed by atoms with Crippen LogP contribution >= 0.6 is 11.6 Å². The molecule has 1 heterocycles. The van der Waals surface area contributed by atoms with E-state index < -0.39 is 40.2 Å². The van der Waals surface area contributed by atoms with E-state index in [2.05, 4.69) is 9.97 Å². The number of nitrogens with zero attached hydrogens (tertiary/aromatic N) is 1. The fourth-order valence-corrected chi connectivity index (χ4v) is 3.84. The summed E-state index contributed by atoms with van der Waals surface area (Å²) in [4.78, 5) is 6.79. The van der Waals surface area contributed by atoms with Crippen LogP contribution in [0.1, 0.15) is 36.0 Å². The Balaban J connectivity index is 1.97. The average Bonchev–Trinajstić information content (AvgIpc) is 3.34. The van der Waals surface area contributed by atoms with E-state index in [1.807, 2.05) is 0 Å². The minimum Gasteiger partial charge on any atom is -0.359 e. The first kappa shape index (κ1) is 20.2. The van der Waals surface area contributed by atoms with Gasteiger partial charge in [0.2, 0.25) is 0 Å². The van der Waals surface area contributed by atoms with Crippen LogP contribution in [0.25, 0.3) is 0 Å². The Morgan fingerprint density at radius 1 is 1.41 bits per heavy atom. The fourth-order valence-electron chi connectivity index (χ4n) is 2.78. The quantitative estimate of drug-likeness (QED) is 0.730. The van der Waals surface area contributed by atoms with Crippen molar-refractivity contribution < 1.29 is 26.3 Å². The van der Waals surface area contributed by atoms with Crippen molar-refractivity contribution in [2.24, 2.45) is 5.92 Å². The molecule has 0 radical (unpaired) electrons. The molecule has 148 valence electrons. The Kier molecular flexibility index (Phi) is 5.31. The zero-order valence-corrected chi connectivity index (χ0v) is 16.2. The summed E-state index contributed by atoms with van der Waals surface area (Å²) in [5.41, 5.74) is 0.532. The lowest BCUT2D eigenvalue weighted by Gasteiger charge is -2.21. The van der Waals surface area contributed by atoms with Gasteiger partial charge in [-0.2, -0.15) is 0 Å². The van der Waals surface area contributed by atoms with Gasteiger partial charge in [0.15, 0.2) is 14.9 Å². The third-order valence-corrected chi connectivity index (χ3v) is 5.71. The lowest BCUT2D eigenvalue weighted by atomic mass is 10.1. The summed E-state index contributed by atoms with van der Waals surface area (Å²) in [5, 5.41) is -0.407. The van der Waals surface area contributed by atoms with Crippen LogP contribution in [0.4, 0.5) is 13.2 Å². The number of sulfone groups is 1. The van der Waals surface area contributed by atoms with Gasteiger partial charge in [0, 0.05) is 12.2 Å². The van der Waals surface area contributed by atoms with Gasteiger partial charge in [-0.3, -0.25) is 0 Å². The first-order valence-corrected chi connectivity index (χ1v) is 10.5. The van der Waals surface area contributed by atoms with Gasteiger partial charge in [-0.05, 0) is 37.5 Å². The van der Waals surface area contributed by atoms with Gasteiger partial charge >= 0.3 is 0 Å². The third kappa shape index (κ3) is 4.47. The lowest BCUT2D eigenvalue weighted by Crippen LogP contribution is -2.28. The van der Waals surface area contributed by atoms with E-state index in [-0.39, 0.29) is 27.1 Å². The summed E-state index contributed by atoms with van der Waals surface area (Å²) in [7, 11) is -3.62. The molecule has 0 bridgehead atoms. The smallest absolute Gasteiger partial charge is 0.273 e. The number of aryl methyl sites for hydroxylation is 1. The molecule has 1 aliphatic carbocycles. The van der Waals surface area contributed by atoms with Crippen molar-refractivity contribution in [1.82, 2.24) is 9.97 Å². The van der Waals surface area contributed by atoms with Crippen molar-refractivity contribution in [3.63, 3.8) is 0 Å². The van der Waals surface area contributed by atoms with Gasteiger partial charge in [0.05, 0.1) is 10.7 Å². The highest BCUT2D eigenvalue weighted by Crippen LogP contribution is 2.44. The molecular weight excluding hydrogens is 405 g/mol. The van der Waals surface area contributed by atoms with E-state index in [1.54, 1.807) is 0 Å². The van der Waals surface area contributed by atoms with Gasteiger partial charge in [-0.15, -0.1) is 0 Å². The maximum Gasteiger partial charge on any atom is 0.273 e. The Morgan fingerprint density at radius 3 is 2.59 bits per heavy atom. The predicted molar refractivity (Wildman–Crippen MR) is 93.3 cm³/mol. The van der Waals surface area contributed by atoms with Crippen molar-refractivity contribution in [1.29, 1.82) is 0 Å². The molecule has 1 aliphatic rings. The molecule has 1 fully saturated rings. The summed E-state index contributed by atoms with van der Waals surface area (Å²) >= 11 is 5.80. The molecule has 2 aromatic rings. The van der Waals surface area contributed by atoms with Crippen LogP contribution in [0.15, 0.2) is 23.2 Å². The van der Waals surface area contributed by atoms with Crippen molar-refractivity contribution >= 4 is 21.4 Å². The Hall–Kier alpha value is -1.58. The maximum atomic E-state index is 14.1. The van der Waals surface area contributed by atoms with E-state index in [1.165, 1.54) is 19.1 Å². The van der Waals surface area contributed by atoms with Gasteiger partial charge in [0.25, 0.3) is 5.92 Å². The number of rotatable bonds is 7. The van der Waals surface area contributed by atoms with E-state index >= 15 is 0 Å². The molecular formula is C17H18ClF3N2O3S. The molecule has 27 heavy (non-hydrogen) atoms. The topological polar surface area (TPSA) is 72.0 Å². The van der Waals surface area contributed by atoms with Crippen molar-refractivity contribution in [3.05, 3.63) is 46.1 Å². The minimum atomic E-state index is -3.62. The molecule has 0 amide bonds. The van der Waals surface area contributed by atoms with Crippen LogP contribution in [0.5, 0.6) is 0 Å². The molecule has 0 aliphatic heterocycles. The average molecular weight is 423 g/mol. The zero-order valence-electron chi connectivity index (χ0n) is 14.6. The van der Waals surface area contributed by atoms with Crippen molar-refractivity contribution in [2.45, 2.75) is 36.8 Å². The third-order valence-electron chi connectivity index (χ3n) is 4.32. The summed E-state index contributed by atoms with van der Waals surface area (Å²) in [6.07, 6.45) is 0.705. The van der Waals surface area contributed by atoms with Crippen LogP contribution in [0.3, 0.4) is 0 Å². The fraction of sp³-hybridized carbons (Fsp3) is 0.471. The molecule has 1 unspecified atom stereocenters. The first-order valence-electron chi connectivity index (χ1n) is 8.20. The number of hydrogen-bond acceptors (Lipinski definition) is 4. The van der Waals surface area contributed by atoms with E-state index in [4.69, 9.17) is 16.3 Å². The number of alkyl halides is 2. The highest BCUT2D eigenvalue weighted by atomic mass is 35.5. The second-order valence-corrected chi connectivity index (χ2v) is 9.06. The van der Waals surface area contributed by atoms with E-state index in [0.29, 0.717) is 12.8 Å². The molecule has 1 atom stereocenters. The Bertz CT molecular complexity index is 958. The highest BCUT2D eigenvalue weighted by Gasteiger charge is 2.47. The minimum absolute atomic E-state index is 0.0298. The molecule has 1 saturated carbocycles. The summed E-state index contributed by atoms with van der Waals surface area (Å²) < 4.78 is 70.7. The summed E-state index contributed by atoms with van der Waals surface area (Å²) in [5.74, 6) is -4.37. The van der Waals surface area contributed by atoms with Crippen molar-refractivity contribution in [2.75, 3.05) is 12.9 Å². The van der Waals surface area contributed by atoms with E-state index in [0.717, 1.165) is 12.3 Å². The molecule has 0 saturated heterocycles. The molecule has 1 aromatic carbocycles. The number of aromatic amines is 1. The molecule has 1 aromatic heterocycles. The molecule has 1 N–H and O–H groups in total. The molecule has 3 rings (SSSR count). The number of ether oxygens (including phenoxy) is 1. The number of nitrogens with one attached hydrogen (secondary N) is 1. The number of halogens is 4. The van der Waals surface area contributed by atoms with Crippen molar-refractivity contribution in [3.8, 4) is 0 Å². The van der Waals surface area contributed by atoms with Gasteiger partial charge in [-0.25, -0.2) is 26.6 Å². The predicted octanol–water partition coefficient (Wildman–Crippen LogP) is 4.07. The Morgan fingerprint density at radius 2 is 2.07 bits per heavy atom. The number of imidazole rings is 1. The Labute approximate surface area is 159 Å². The lowest BCUT2D eigenvalue weighted by molar-refractivity contribution is -0.108. The van der Waals surface area contributed by atoms with Crippen LogP contribution in [-0.4, -0.2) is 37.2 Å². The zero-order chi connectivity index (χ0) is 20.0. The number of hydrogen-bond donors (Lipinski definition) is 1. The van der Waals surface area contributed by atoms with Crippen LogP contribution in [0.2, 0.25) is 5.02 Å². The van der Waals surface area contributed by atoms with Crippen LogP contribution in [0, 0.1) is 18.7 Å². The van der Waals surface area contributed by atoms with Gasteiger partial charge in [-0.1, -0.05) is 17.7 Å². The largest absolute Gasteiger partial charge is 0.359 e. The highest BCUT2D eigenvalue weighted by molar-refractivity contribution is 7.90. The normalized spacial score (nSPS) is 16.5. The van der Waals surface area contributed by atoms with E-state index in [9.17, 15) is 21.6 Å². The SMILES string of the molecule is Cc1[nH]c(C(OCC(F)(F)C2CC2)c2ccc(F)c(Cl)c2)nc1S(C)(=O)=O. The first-order chi connectivity index (χ1) is 12.5. The molecule has 5 nitrogen and oxygen atoms in total. The summed E-state index contributed by atoms with van der Waals surface area (Å²) in [6, 6.07) is 3.66. The van der Waals surface area contributed by atoms with Gasteiger partial charge < -0.3 is 9.72 Å². The second kappa shape index (κ2) is 7.10. The number of aromatic nitrogens is 2. The second-order valence-electron chi connectivity index (χ2n) is 6.72. The maximum absolute atomic E-state index is 14.1. The number of benzene rings is 1. The number of H-pyrrole nitrogens is 1.